The van der Waals surface area contributed by atoms with E-state index >= 15 is 0 Å². The van der Waals surface area contributed by atoms with Crippen LogP contribution >= 0.6 is 0 Å². The van der Waals surface area contributed by atoms with Crippen molar-refractivity contribution in [2.24, 2.45) is 0 Å². The van der Waals surface area contributed by atoms with Gasteiger partial charge in [0.2, 0.25) is 0 Å². The van der Waals surface area contributed by atoms with E-state index in [-0.39, 0.29) is 0 Å². The first-order valence-corrected chi connectivity index (χ1v) is 6.48. The number of hydrogen-bond acceptors (Lipinski definition) is 5. The van der Waals surface area contributed by atoms with Crippen LogP contribution in [0.2, 0.25) is 0 Å². The molecule has 2 aromatic rings. The third kappa shape index (κ3) is 2.70. The standard InChI is InChI=1S/C12H19N7/c1-9-7-10(15-14-9)13-11-8-12(17-16-11)19-5-3-18(2)4-6-19/h7-8H,3-6H2,1-2H3,(H3,13,14,15,16,17). The Morgan fingerprint density at radius 2 is 1.89 bits per heavy atom. The lowest BCUT2D eigenvalue weighted by atomic mass is 10.3. The molecule has 1 aliphatic rings. The van der Waals surface area contributed by atoms with Crippen molar-refractivity contribution in [3.8, 4) is 0 Å². The molecule has 2 aromatic heterocycles. The highest BCUT2D eigenvalue weighted by atomic mass is 15.3. The topological polar surface area (TPSA) is 75.9 Å². The van der Waals surface area contributed by atoms with Gasteiger partial charge in [-0.1, -0.05) is 0 Å². The minimum Gasteiger partial charge on any atom is -0.353 e. The van der Waals surface area contributed by atoms with Crippen LogP contribution in [0, 0.1) is 6.92 Å². The largest absolute Gasteiger partial charge is 0.353 e. The Bertz CT molecular complexity index is 536. The lowest BCUT2D eigenvalue weighted by molar-refractivity contribution is 0.312. The molecule has 0 aromatic carbocycles. The van der Waals surface area contributed by atoms with Crippen LogP contribution in [-0.4, -0.2) is 58.5 Å². The Morgan fingerprint density at radius 1 is 1.11 bits per heavy atom. The number of H-pyrrole nitrogens is 2. The number of nitrogens with zero attached hydrogens (tertiary/aromatic N) is 4. The zero-order chi connectivity index (χ0) is 13.2. The van der Waals surface area contributed by atoms with E-state index in [0.29, 0.717) is 0 Å². The van der Waals surface area contributed by atoms with Gasteiger partial charge in [-0.3, -0.25) is 10.2 Å². The average Bonchev–Trinajstić information content (AvgIpc) is 3.00. The average molecular weight is 261 g/mol. The number of rotatable bonds is 3. The van der Waals surface area contributed by atoms with E-state index in [0.717, 1.165) is 49.3 Å². The molecule has 19 heavy (non-hydrogen) atoms. The van der Waals surface area contributed by atoms with E-state index in [1.807, 2.05) is 19.1 Å². The van der Waals surface area contributed by atoms with Crippen LogP contribution in [0.3, 0.4) is 0 Å². The summed E-state index contributed by atoms with van der Waals surface area (Å²) in [5.74, 6) is 2.65. The van der Waals surface area contributed by atoms with E-state index in [4.69, 9.17) is 0 Å². The molecule has 1 aliphatic heterocycles. The zero-order valence-corrected chi connectivity index (χ0v) is 11.3. The minimum absolute atomic E-state index is 0.797. The van der Waals surface area contributed by atoms with Gasteiger partial charge < -0.3 is 15.1 Å². The molecule has 0 saturated carbocycles. The van der Waals surface area contributed by atoms with Crippen LogP contribution in [0.5, 0.6) is 0 Å². The van der Waals surface area contributed by atoms with Crippen LogP contribution in [0.15, 0.2) is 12.1 Å². The van der Waals surface area contributed by atoms with Crippen molar-refractivity contribution < 1.29 is 0 Å². The predicted octanol–water partition coefficient (Wildman–Crippen LogP) is 0.937. The van der Waals surface area contributed by atoms with Gasteiger partial charge in [0, 0.05) is 44.0 Å². The smallest absolute Gasteiger partial charge is 0.153 e. The van der Waals surface area contributed by atoms with E-state index in [9.17, 15) is 0 Å². The lowest BCUT2D eigenvalue weighted by Crippen LogP contribution is -2.44. The Kier molecular flexibility index (Phi) is 3.12. The molecular formula is C12H19N7. The SMILES string of the molecule is Cc1cc(Nc2cc(N3CCN(C)CC3)n[nH]2)n[nH]1. The fraction of sp³-hybridized carbons (Fsp3) is 0.500. The second-order valence-corrected chi connectivity index (χ2v) is 4.99. The summed E-state index contributed by atoms with van der Waals surface area (Å²) in [4.78, 5) is 4.62. The van der Waals surface area contributed by atoms with Crippen molar-refractivity contribution in [3.05, 3.63) is 17.8 Å². The number of nitrogens with one attached hydrogen (secondary N) is 3. The van der Waals surface area contributed by atoms with Crippen LogP contribution in [-0.2, 0) is 0 Å². The third-order valence-electron chi connectivity index (χ3n) is 3.36. The number of hydrogen-bond donors (Lipinski definition) is 3. The van der Waals surface area contributed by atoms with Gasteiger partial charge in [-0.2, -0.15) is 10.2 Å². The van der Waals surface area contributed by atoms with Crippen molar-refractivity contribution in [2.75, 3.05) is 43.4 Å². The molecule has 0 aliphatic carbocycles. The molecule has 0 atom stereocenters. The molecule has 3 rings (SSSR count). The lowest BCUT2D eigenvalue weighted by Gasteiger charge is -2.32. The minimum atomic E-state index is 0.797. The second-order valence-electron chi connectivity index (χ2n) is 4.99. The molecule has 3 heterocycles. The number of aromatic amines is 2. The summed E-state index contributed by atoms with van der Waals surface area (Å²) >= 11 is 0. The molecule has 0 radical (unpaired) electrons. The number of likely N-dealkylation sites (N-methyl/N-ethyl adjacent to an activating group) is 1. The summed E-state index contributed by atoms with van der Waals surface area (Å²) in [7, 11) is 2.15. The normalized spacial score (nSPS) is 16.8. The summed E-state index contributed by atoms with van der Waals surface area (Å²) < 4.78 is 0. The molecule has 1 saturated heterocycles. The van der Waals surface area contributed by atoms with E-state index in [1.54, 1.807) is 0 Å². The van der Waals surface area contributed by atoms with Gasteiger partial charge in [-0.05, 0) is 14.0 Å². The summed E-state index contributed by atoms with van der Waals surface area (Å²) in [5.41, 5.74) is 1.03. The van der Waals surface area contributed by atoms with E-state index in [1.165, 1.54) is 0 Å². The summed E-state index contributed by atoms with van der Waals surface area (Å²) in [6.07, 6.45) is 0. The van der Waals surface area contributed by atoms with Gasteiger partial charge in [0.25, 0.3) is 0 Å². The quantitative estimate of drug-likeness (QED) is 0.766. The van der Waals surface area contributed by atoms with Crippen molar-refractivity contribution in [3.63, 3.8) is 0 Å². The summed E-state index contributed by atoms with van der Waals surface area (Å²) in [6.45, 7) is 6.16. The monoisotopic (exact) mass is 261 g/mol. The molecule has 0 unspecified atom stereocenters. The fourth-order valence-electron chi connectivity index (χ4n) is 2.19. The highest BCUT2D eigenvalue weighted by Crippen LogP contribution is 2.19. The van der Waals surface area contributed by atoms with Gasteiger partial charge in [-0.15, -0.1) is 0 Å². The summed E-state index contributed by atoms with van der Waals surface area (Å²) in [6, 6.07) is 3.98. The van der Waals surface area contributed by atoms with Gasteiger partial charge in [0.05, 0.1) is 0 Å². The van der Waals surface area contributed by atoms with Gasteiger partial charge in [0.1, 0.15) is 5.82 Å². The van der Waals surface area contributed by atoms with Gasteiger partial charge in [0.15, 0.2) is 11.6 Å². The fourth-order valence-corrected chi connectivity index (χ4v) is 2.19. The van der Waals surface area contributed by atoms with Crippen LogP contribution in [0.25, 0.3) is 0 Å². The maximum atomic E-state index is 4.35. The molecule has 102 valence electrons. The Labute approximate surface area is 112 Å². The molecule has 3 N–H and O–H groups in total. The molecule has 7 nitrogen and oxygen atoms in total. The van der Waals surface area contributed by atoms with Crippen LogP contribution in [0.1, 0.15) is 5.69 Å². The van der Waals surface area contributed by atoms with Crippen molar-refractivity contribution in [2.45, 2.75) is 6.92 Å². The Balaban J connectivity index is 1.66. The second kappa shape index (κ2) is 4.93. The van der Waals surface area contributed by atoms with Crippen LogP contribution in [0.4, 0.5) is 17.5 Å². The van der Waals surface area contributed by atoms with E-state index in [2.05, 4.69) is 42.6 Å². The maximum absolute atomic E-state index is 4.35. The van der Waals surface area contributed by atoms with Crippen LogP contribution < -0.4 is 10.2 Å². The molecule has 0 spiro atoms. The first kappa shape index (κ1) is 12.0. The first-order valence-electron chi connectivity index (χ1n) is 6.48. The number of aromatic nitrogens is 4. The summed E-state index contributed by atoms with van der Waals surface area (Å²) in [5, 5.41) is 17.6. The molecule has 7 heteroatoms. The van der Waals surface area contributed by atoms with E-state index < -0.39 is 0 Å². The molecular weight excluding hydrogens is 242 g/mol. The first-order chi connectivity index (χ1) is 9.20. The third-order valence-corrected chi connectivity index (χ3v) is 3.36. The molecule has 0 amide bonds. The predicted molar refractivity (Wildman–Crippen MR) is 74.9 cm³/mol. The number of piperazine rings is 1. The highest BCUT2D eigenvalue weighted by Gasteiger charge is 2.16. The zero-order valence-electron chi connectivity index (χ0n) is 11.3. The van der Waals surface area contributed by atoms with Gasteiger partial charge in [-0.25, -0.2) is 0 Å². The van der Waals surface area contributed by atoms with Crippen molar-refractivity contribution in [1.29, 1.82) is 0 Å². The molecule has 1 fully saturated rings. The Hall–Kier alpha value is -2.02. The number of anilines is 3. The molecule has 0 bridgehead atoms. The van der Waals surface area contributed by atoms with Gasteiger partial charge >= 0.3 is 0 Å². The Morgan fingerprint density at radius 3 is 2.58 bits per heavy atom. The van der Waals surface area contributed by atoms with Crippen molar-refractivity contribution in [1.82, 2.24) is 25.3 Å². The van der Waals surface area contributed by atoms with Crippen molar-refractivity contribution >= 4 is 17.5 Å². The highest BCUT2D eigenvalue weighted by molar-refractivity contribution is 5.57. The number of aryl methyl sites for hydroxylation is 1. The maximum Gasteiger partial charge on any atom is 0.153 e.